The molecule has 0 aliphatic carbocycles. The zero-order valence-electron chi connectivity index (χ0n) is 14.5. The summed E-state index contributed by atoms with van der Waals surface area (Å²) in [5.41, 5.74) is -2.35. The van der Waals surface area contributed by atoms with Gasteiger partial charge in [-0.25, -0.2) is 4.79 Å². The molecule has 162 valence electrons. The van der Waals surface area contributed by atoms with Crippen LogP contribution in [0.2, 0.25) is 0 Å². The van der Waals surface area contributed by atoms with Gasteiger partial charge in [0.05, 0.1) is 15.9 Å². The molecule has 1 atom stereocenters. The highest BCUT2D eigenvalue weighted by Gasteiger charge is 2.60. The highest BCUT2D eigenvalue weighted by Crippen LogP contribution is 2.41. The van der Waals surface area contributed by atoms with Gasteiger partial charge in [0, 0.05) is 11.6 Å². The third-order valence-corrected chi connectivity index (χ3v) is 3.63. The fourth-order valence-electron chi connectivity index (χ4n) is 2.08. The molecule has 1 aromatic rings. The van der Waals surface area contributed by atoms with Crippen molar-refractivity contribution in [1.29, 1.82) is 0 Å². The maximum Gasteiger partial charge on any atom is 0.515 e. The van der Waals surface area contributed by atoms with E-state index in [4.69, 9.17) is 0 Å². The number of benzene rings is 1. The first-order valence-electron chi connectivity index (χ1n) is 7.58. The van der Waals surface area contributed by atoms with E-state index in [0.29, 0.717) is 6.07 Å². The lowest BCUT2D eigenvalue weighted by atomic mass is 9.96. The van der Waals surface area contributed by atoms with Gasteiger partial charge < -0.3 is 9.47 Å². The molecule has 0 bridgehead atoms. The van der Waals surface area contributed by atoms with Gasteiger partial charge in [-0.2, -0.15) is 26.3 Å². The zero-order chi connectivity index (χ0) is 22.7. The number of carbonyl (C=O) groups is 1. The van der Waals surface area contributed by atoms with Crippen LogP contribution in [-0.4, -0.2) is 34.5 Å². The Labute approximate surface area is 157 Å². The van der Waals surface area contributed by atoms with E-state index in [1.54, 1.807) is 0 Å². The molecule has 0 amide bonds. The molecule has 0 spiro atoms. The highest BCUT2D eigenvalue weighted by molar-refractivity contribution is 5.70. The standard InChI is InChI=1S/C14H12F6N2O7/c1-3-6(2)8-4-7(21(24)25)5-9(22(26)27)10(8)28-12(23)29-11(13(15,16)17)14(18,19)20/h4-6,11H,3H2,1-2H3. The first-order chi connectivity index (χ1) is 13.1. The summed E-state index contributed by atoms with van der Waals surface area (Å²) in [6.45, 7) is 2.91. The van der Waals surface area contributed by atoms with E-state index in [0.717, 1.165) is 6.07 Å². The van der Waals surface area contributed by atoms with Crippen LogP contribution in [0.4, 0.5) is 42.5 Å². The van der Waals surface area contributed by atoms with E-state index in [1.165, 1.54) is 13.8 Å². The van der Waals surface area contributed by atoms with Crippen molar-refractivity contribution in [3.8, 4) is 5.75 Å². The van der Waals surface area contributed by atoms with E-state index >= 15 is 0 Å². The molecule has 0 radical (unpaired) electrons. The van der Waals surface area contributed by atoms with E-state index < -0.39 is 57.5 Å². The molecule has 0 aliphatic heterocycles. The Morgan fingerprint density at radius 1 is 1.07 bits per heavy atom. The summed E-state index contributed by atoms with van der Waals surface area (Å²) >= 11 is 0. The first-order valence-corrected chi connectivity index (χ1v) is 7.58. The third-order valence-electron chi connectivity index (χ3n) is 3.63. The maximum absolute atomic E-state index is 12.5. The molecule has 0 aliphatic rings. The van der Waals surface area contributed by atoms with E-state index in [9.17, 15) is 51.4 Å². The van der Waals surface area contributed by atoms with Crippen LogP contribution < -0.4 is 4.74 Å². The monoisotopic (exact) mass is 434 g/mol. The number of hydrogen-bond acceptors (Lipinski definition) is 7. The van der Waals surface area contributed by atoms with Crippen molar-refractivity contribution < 1.29 is 50.5 Å². The molecule has 15 heteroatoms. The molecule has 0 saturated heterocycles. The molecule has 1 aromatic carbocycles. The molecule has 0 fully saturated rings. The topological polar surface area (TPSA) is 122 Å². The fourth-order valence-corrected chi connectivity index (χ4v) is 2.08. The second kappa shape index (κ2) is 8.48. The Morgan fingerprint density at radius 3 is 1.97 bits per heavy atom. The van der Waals surface area contributed by atoms with E-state index in [2.05, 4.69) is 9.47 Å². The Bertz CT molecular complexity index is 795. The van der Waals surface area contributed by atoms with Gasteiger partial charge in [0.1, 0.15) is 0 Å². The van der Waals surface area contributed by atoms with Crippen molar-refractivity contribution >= 4 is 17.5 Å². The maximum atomic E-state index is 12.5. The minimum atomic E-state index is -6.03. The number of carbonyl (C=O) groups excluding carboxylic acids is 1. The summed E-state index contributed by atoms with van der Waals surface area (Å²) in [6.07, 6.45) is -18.9. The number of halogens is 6. The van der Waals surface area contributed by atoms with Crippen molar-refractivity contribution in [3.63, 3.8) is 0 Å². The van der Waals surface area contributed by atoms with Crippen molar-refractivity contribution in [2.75, 3.05) is 0 Å². The molecule has 0 N–H and O–H groups in total. The van der Waals surface area contributed by atoms with Crippen LogP contribution in [0.3, 0.4) is 0 Å². The summed E-state index contributed by atoms with van der Waals surface area (Å²) < 4.78 is 82.5. The lowest BCUT2D eigenvalue weighted by Gasteiger charge is -2.22. The van der Waals surface area contributed by atoms with Gasteiger partial charge in [0.2, 0.25) is 5.75 Å². The van der Waals surface area contributed by atoms with Gasteiger partial charge in [0.25, 0.3) is 11.8 Å². The highest BCUT2D eigenvalue weighted by atomic mass is 19.4. The second-order valence-corrected chi connectivity index (χ2v) is 5.64. The van der Waals surface area contributed by atoms with Crippen LogP contribution in [-0.2, 0) is 4.74 Å². The number of nitrogens with zero attached hydrogens (tertiary/aromatic N) is 2. The van der Waals surface area contributed by atoms with Gasteiger partial charge in [-0.1, -0.05) is 13.8 Å². The minimum absolute atomic E-state index is 0.178. The van der Waals surface area contributed by atoms with Crippen LogP contribution >= 0.6 is 0 Å². The smallest absolute Gasteiger partial charge is 0.411 e. The fraction of sp³-hybridized carbons (Fsp3) is 0.500. The van der Waals surface area contributed by atoms with Gasteiger partial charge in [-0.15, -0.1) is 0 Å². The van der Waals surface area contributed by atoms with E-state index in [-0.39, 0.29) is 12.0 Å². The first kappa shape index (κ1) is 23.9. The normalized spacial score (nSPS) is 13.1. The Kier molecular flexibility index (Phi) is 6.99. The van der Waals surface area contributed by atoms with Crippen molar-refractivity contribution in [3.05, 3.63) is 37.9 Å². The predicted molar refractivity (Wildman–Crippen MR) is 81.5 cm³/mol. The number of nitro groups is 2. The summed E-state index contributed by atoms with van der Waals surface area (Å²) in [6, 6.07) is 1.11. The Balaban J connectivity index is 3.43. The van der Waals surface area contributed by atoms with Crippen LogP contribution in [0.5, 0.6) is 5.75 Å². The summed E-state index contributed by atoms with van der Waals surface area (Å²) in [7, 11) is 0. The summed E-state index contributed by atoms with van der Waals surface area (Å²) in [5, 5.41) is 22.1. The predicted octanol–water partition coefficient (Wildman–Crippen LogP) is 5.03. The third kappa shape index (κ3) is 5.92. The molecule has 1 unspecified atom stereocenters. The molecular weight excluding hydrogens is 422 g/mol. The average Bonchev–Trinajstić information content (AvgIpc) is 2.56. The lowest BCUT2D eigenvalue weighted by Crippen LogP contribution is -2.46. The molecule has 0 aromatic heterocycles. The van der Waals surface area contributed by atoms with Crippen molar-refractivity contribution in [2.45, 2.75) is 44.6 Å². The Morgan fingerprint density at radius 2 is 1.59 bits per heavy atom. The van der Waals surface area contributed by atoms with Crippen LogP contribution in [0.15, 0.2) is 12.1 Å². The Hall–Kier alpha value is -3.13. The number of rotatable bonds is 6. The molecule has 9 nitrogen and oxygen atoms in total. The van der Waals surface area contributed by atoms with Crippen molar-refractivity contribution in [1.82, 2.24) is 0 Å². The average molecular weight is 434 g/mol. The van der Waals surface area contributed by atoms with Crippen molar-refractivity contribution in [2.24, 2.45) is 0 Å². The number of ether oxygens (including phenoxy) is 2. The molecule has 0 saturated carbocycles. The van der Waals surface area contributed by atoms with Crippen LogP contribution in [0, 0.1) is 20.2 Å². The van der Waals surface area contributed by atoms with Crippen LogP contribution in [0.25, 0.3) is 0 Å². The second-order valence-electron chi connectivity index (χ2n) is 5.64. The number of hydrogen-bond donors (Lipinski definition) is 0. The minimum Gasteiger partial charge on any atom is -0.411 e. The zero-order valence-corrected chi connectivity index (χ0v) is 14.5. The SMILES string of the molecule is CCC(C)c1cc([N+](=O)[O-])cc([N+](=O)[O-])c1OC(=O)OC(C(F)(F)F)C(F)(F)F. The van der Waals surface area contributed by atoms with Gasteiger partial charge in [-0.05, 0) is 12.3 Å². The number of non-ortho nitro benzene ring substituents is 1. The van der Waals surface area contributed by atoms with Gasteiger partial charge >= 0.3 is 24.2 Å². The quantitative estimate of drug-likeness (QED) is 0.202. The van der Waals surface area contributed by atoms with E-state index in [1.807, 2.05) is 0 Å². The van der Waals surface area contributed by atoms with Gasteiger partial charge in [-0.3, -0.25) is 20.2 Å². The number of alkyl halides is 6. The largest absolute Gasteiger partial charge is 0.515 e. The van der Waals surface area contributed by atoms with Crippen LogP contribution in [0.1, 0.15) is 31.7 Å². The van der Waals surface area contributed by atoms with Gasteiger partial charge in [0.15, 0.2) is 0 Å². The molecule has 29 heavy (non-hydrogen) atoms. The molecule has 0 heterocycles. The number of nitro benzene ring substituents is 2. The summed E-state index contributed by atoms with van der Waals surface area (Å²) in [4.78, 5) is 31.4. The molecule has 1 rings (SSSR count). The summed E-state index contributed by atoms with van der Waals surface area (Å²) in [5.74, 6) is -1.81. The molecular formula is C14H12F6N2O7. The lowest BCUT2D eigenvalue weighted by molar-refractivity contribution is -0.394.